The average Bonchev–Trinajstić information content (AvgIpc) is 3.47. The first-order chi connectivity index (χ1) is 12.0. The summed E-state index contributed by atoms with van der Waals surface area (Å²) in [5.74, 6) is -1.73. The maximum Gasteiger partial charge on any atom is 0.341 e. The topological polar surface area (TPSA) is 74.6 Å². The highest BCUT2D eigenvalue weighted by Gasteiger charge is 2.45. The zero-order chi connectivity index (χ0) is 17.3. The summed E-state index contributed by atoms with van der Waals surface area (Å²) in [5, 5.41) is 12.8. The van der Waals surface area contributed by atoms with Crippen LogP contribution in [0.3, 0.4) is 0 Å². The minimum absolute atomic E-state index is 0. The first-order valence-electron chi connectivity index (χ1n) is 8.66. The van der Waals surface area contributed by atoms with E-state index in [4.69, 9.17) is 0 Å². The van der Waals surface area contributed by atoms with Gasteiger partial charge in [0.05, 0.1) is 11.2 Å². The Balaban J connectivity index is 0.00000168. The van der Waals surface area contributed by atoms with Crippen LogP contribution in [0.5, 0.6) is 0 Å². The molecule has 6 nitrogen and oxygen atoms in total. The van der Waals surface area contributed by atoms with Gasteiger partial charge in [0, 0.05) is 42.8 Å². The Morgan fingerprint density at radius 1 is 1.31 bits per heavy atom. The molecule has 0 amide bonds. The Bertz CT molecular complexity index is 972. The van der Waals surface area contributed by atoms with Gasteiger partial charge in [-0.25, -0.2) is 9.18 Å². The number of anilines is 1. The average molecular weight is 380 g/mol. The van der Waals surface area contributed by atoms with E-state index in [9.17, 15) is 19.1 Å². The van der Waals surface area contributed by atoms with Crippen molar-refractivity contribution in [1.82, 2.24) is 9.88 Å². The predicted molar refractivity (Wildman–Crippen MR) is 98.2 cm³/mol. The molecule has 2 saturated carbocycles. The number of hydrogen-bond acceptors (Lipinski definition) is 4. The number of piperazine rings is 1. The Hall–Kier alpha value is -2.12. The number of carboxylic acid groups (broad SMARTS) is 1. The highest BCUT2D eigenvalue weighted by molar-refractivity contribution is 5.93. The summed E-state index contributed by atoms with van der Waals surface area (Å²) in [7, 11) is 0. The van der Waals surface area contributed by atoms with Crippen molar-refractivity contribution >= 4 is 35.0 Å². The Labute approximate surface area is 155 Å². The fourth-order valence-electron chi connectivity index (χ4n) is 3.97. The third-order valence-electron chi connectivity index (χ3n) is 5.50. The zero-order valence-electron chi connectivity index (χ0n) is 13.9. The number of pyridine rings is 1. The molecule has 1 aromatic heterocycles. The van der Waals surface area contributed by atoms with Gasteiger partial charge in [-0.1, -0.05) is 0 Å². The van der Waals surface area contributed by atoms with Crippen LogP contribution in [0.25, 0.3) is 10.9 Å². The van der Waals surface area contributed by atoms with Crippen molar-refractivity contribution in [3.63, 3.8) is 0 Å². The molecule has 2 heterocycles. The number of aromatic nitrogens is 1. The summed E-state index contributed by atoms with van der Waals surface area (Å²) in [6, 6.07) is 3.87. The monoisotopic (exact) mass is 379 g/mol. The molecule has 2 aliphatic carbocycles. The minimum Gasteiger partial charge on any atom is -0.477 e. The molecule has 1 aliphatic heterocycles. The molecule has 2 N–H and O–H groups in total. The molecule has 26 heavy (non-hydrogen) atoms. The van der Waals surface area contributed by atoms with Gasteiger partial charge < -0.3 is 19.9 Å². The van der Waals surface area contributed by atoms with Gasteiger partial charge in [-0.05, 0) is 31.4 Å². The minimum atomic E-state index is -1.27. The summed E-state index contributed by atoms with van der Waals surface area (Å²) in [5.41, 5.74) is 0.230. The van der Waals surface area contributed by atoms with Crippen LogP contribution in [0.15, 0.2) is 23.1 Å². The van der Waals surface area contributed by atoms with Crippen molar-refractivity contribution < 1.29 is 14.3 Å². The van der Waals surface area contributed by atoms with Crippen LogP contribution in [0.4, 0.5) is 10.1 Å². The second kappa shape index (κ2) is 5.96. The molecule has 8 heteroatoms. The molecule has 138 valence electrons. The maximum atomic E-state index is 14.8. The number of aromatic carboxylic acids is 1. The smallest absolute Gasteiger partial charge is 0.341 e. The Kier molecular flexibility index (Phi) is 3.96. The van der Waals surface area contributed by atoms with E-state index >= 15 is 0 Å². The number of hydrogen-bond donors (Lipinski definition) is 2. The highest BCUT2D eigenvalue weighted by atomic mass is 35.5. The van der Waals surface area contributed by atoms with E-state index in [1.54, 1.807) is 6.07 Å². The van der Waals surface area contributed by atoms with Gasteiger partial charge in [0.2, 0.25) is 5.43 Å². The molecule has 0 spiro atoms. The van der Waals surface area contributed by atoms with Crippen molar-refractivity contribution in [3.05, 3.63) is 39.9 Å². The Morgan fingerprint density at radius 3 is 2.77 bits per heavy atom. The van der Waals surface area contributed by atoms with Gasteiger partial charge in [0.25, 0.3) is 0 Å². The van der Waals surface area contributed by atoms with Gasteiger partial charge in [0.1, 0.15) is 11.4 Å². The molecule has 0 bridgehead atoms. The zero-order valence-corrected chi connectivity index (χ0v) is 14.8. The number of nitrogens with zero attached hydrogens (tertiary/aromatic N) is 2. The molecular weight excluding hydrogens is 361 g/mol. The van der Waals surface area contributed by atoms with Gasteiger partial charge in [-0.15, -0.1) is 12.4 Å². The molecule has 3 fully saturated rings. The molecule has 0 radical (unpaired) electrons. The number of rotatable bonds is 3. The second-order valence-electron chi connectivity index (χ2n) is 7.19. The normalized spacial score (nSPS) is 24.1. The van der Waals surface area contributed by atoms with E-state index < -0.39 is 17.2 Å². The van der Waals surface area contributed by atoms with E-state index in [1.165, 1.54) is 12.3 Å². The van der Waals surface area contributed by atoms with Crippen LogP contribution in [0.2, 0.25) is 0 Å². The summed E-state index contributed by atoms with van der Waals surface area (Å²) >= 11 is 0. The molecule has 2 unspecified atom stereocenters. The van der Waals surface area contributed by atoms with E-state index in [0.29, 0.717) is 23.3 Å². The van der Waals surface area contributed by atoms with Crippen molar-refractivity contribution in [2.75, 3.05) is 18.0 Å². The van der Waals surface area contributed by atoms with Crippen LogP contribution in [-0.2, 0) is 0 Å². The van der Waals surface area contributed by atoms with Gasteiger partial charge in [0.15, 0.2) is 0 Å². The summed E-state index contributed by atoms with van der Waals surface area (Å²) in [4.78, 5) is 26.0. The van der Waals surface area contributed by atoms with Crippen molar-refractivity contribution in [3.8, 4) is 0 Å². The maximum absolute atomic E-state index is 14.8. The number of nitrogens with one attached hydrogen (secondary N) is 1. The molecule has 1 saturated heterocycles. The third kappa shape index (κ3) is 2.57. The number of fused-ring (bicyclic) bond motifs is 2. The van der Waals surface area contributed by atoms with Gasteiger partial charge in [-0.3, -0.25) is 4.79 Å². The van der Waals surface area contributed by atoms with E-state index in [-0.39, 0.29) is 29.4 Å². The summed E-state index contributed by atoms with van der Waals surface area (Å²) in [6.07, 6.45) is 4.32. The SMILES string of the molecule is Cl.O=C(O)c1cn(C2CC2)c2cc(N3CCNC4CC43)c(F)cc2c1=O. The lowest BCUT2D eigenvalue weighted by molar-refractivity contribution is 0.0695. The lowest BCUT2D eigenvalue weighted by atomic mass is 10.1. The summed E-state index contributed by atoms with van der Waals surface area (Å²) in [6.45, 7) is 1.54. The van der Waals surface area contributed by atoms with Crippen LogP contribution in [0.1, 0.15) is 35.7 Å². The first-order valence-corrected chi connectivity index (χ1v) is 8.66. The molecule has 2 aromatic rings. The van der Waals surface area contributed by atoms with Crippen LogP contribution >= 0.6 is 12.4 Å². The first kappa shape index (κ1) is 17.3. The molecule has 2 atom stereocenters. The molecule has 3 aliphatic rings. The number of carboxylic acids is 1. The fraction of sp³-hybridized carbons (Fsp3) is 0.444. The predicted octanol–water partition coefficient (Wildman–Crippen LogP) is 2.15. The van der Waals surface area contributed by atoms with E-state index in [0.717, 1.165) is 32.4 Å². The van der Waals surface area contributed by atoms with Crippen molar-refractivity contribution in [2.45, 2.75) is 37.4 Å². The van der Waals surface area contributed by atoms with Crippen molar-refractivity contribution in [2.24, 2.45) is 0 Å². The van der Waals surface area contributed by atoms with E-state index in [2.05, 4.69) is 10.2 Å². The van der Waals surface area contributed by atoms with Crippen molar-refractivity contribution in [1.29, 1.82) is 0 Å². The standard InChI is InChI=1S/C18H18FN3O3.ClH/c19-12-5-10-14(7-15(12)21-4-3-20-13-6-16(13)21)22(9-1-2-9)8-11(17(10)23)18(24)25;/h5,7-9,13,16,20H,1-4,6H2,(H,24,25);1H. The highest BCUT2D eigenvalue weighted by Crippen LogP contribution is 2.40. The molecule has 1 aromatic carbocycles. The fourth-order valence-corrected chi connectivity index (χ4v) is 3.97. The lowest BCUT2D eigenvalue weighted by Crippen LogP contribution is -2.44. The van der Waals surface area contributed by atoms with Gasteiger partial charge >= 0.3 is 5.97 Å². The quantitative estimate of drug-likeness (QED) is 0.854. The molecular formula is C18H19ClFN3O3. The number of carbonyl (C=O) groups is 1. The number of benzene rings is 1. The second-order valence-corrected chi connectivity index (χ2v) is 7.19. The van der Waals surface area contributed by atoms with Crippen LogP contribution in [0, 0.1) is 5.82 Å². The summed E-state index contributed by atoms with van der Waals surface area (Å²) < 4.78 is 16.6. The molecule has 5 rings (SSSR count). The third-order valence-corrected chi connectivity index (χ3v) is 5.50. The van der Waals surface area contributed by atoms with Crippen LogP contribution in [-0.4, -0.2) is 40.8 Å². The van der Waals surface area contributed by atoms with Crippen LogP contribution < -0.4 is 15.6 Å². The Morgan fingerprint density at radius 2 is 2.08 bits per heavy atom. The lowest BCUT2D eigenvalue weighted by Gasteiger charge is -2.30. The van der Waals surface area contributed by atoms with Gasteiger partial charge in [-0.2, -0.15) is 0 Å². The number of halogens is 2. The largest absolute Gasteiger partial charge is 0.477 e. The van der Waals surface area contributed by atoms with E-state index in [1.807, 2.05) is 4.57 Å².